The summed E-state index contributed by atoms with van der Waals surface area (Å²) < 4.78 is 10.3. The van der Waals surface area contributed by atoms with E-state index in [0.29, 0.717) is 6.42 Å². The first-order valence-corrected chi connectivity index (χ1v) is 8.40. The molecule has 4 unspecified atom stereocenters. The van der Waals surface area contributed by atoms with Crippen LogP contribution < -0.4 is 4.74 Å². The molecule has 0 bridgehead atoms. The molecule has 1 aromatic rings. The zero-order valence-electron chi connectivity index (χ0n) is 14.4. The Labute approximate surface area is 142 Å². The zero-order chi connectivity index (χ0) is 17.5. The van der Waals surface area contributed by atoms with Gasteiger partial charge >= 0.3 is 11.9 Å². The van der Waals surface area contributed by atoms with Gasteiger partial charge in [-0.3, -0.25) is 9.59 Å². The van der Waals surface area contributed by atoms with Gasteiger partial charge in [-0.1, -0.05) is 6.07 Å². The minimum absolute atomic E-state index is 0.00759. The number of benzene rings is 1. The Balaban J connectivity index is 2.01. The maximum absolute atomic E-state index is 12.4. The predicted molar refractivity (Wildman–Crippen MR) is 88.0 cm³/mol. The van der Waals surface area contributed by atoms with Gasteiger partial charge in [0.2, 0.25) is 0 Å². The molecule has 0 aromatic heterocycles. The Kier molecular flexibility index (Phi) is 4.28. The number of esters is 1. The maximum Gasteiger partial charge on any atom is 0.310 e. The maximum atomic E-state index is 12.4. The minimum atomic E-state index is -1.06. The highest BCUT2D eigenvalue weighted by atomic mass is 16.5. The van der Waals surface area contributed by atoms with Crippen molar-refractivity contribution in [1.82, 2.24) is 0 Å². The van der Waals surface area contributed by atoms with Crippen molar-refractivity contribution < 1.29 is 24.2 Å². The molecule has 0 saturated heterocycles. The molecule has 24 heavy (non-hydrogen) atoms. The molecule has 0 aliphatic heterocycles. The van der Waals surface area contributed by atoms with E-state index in [1.165, 1.54) is 18.2 Å². The van der Waals surface area contributed by atoms with Crippen molar-refractivity contribution in [1.29, 1.82) is 0 Å². The molecule has 4 atom stereocenters. The second-order valence-corrected chi connectivity index (χ2v) is 7.14. The van der Waals surface area contributed by atoms with Gasteiger partial charge in [-0.25, -0.2) is 0 Å². The fourth-order valence-electron chi connectivity index (χ4n) is 4.70. The van der Waals surface area contributed by atoms with Crippen molar-refractivity contribution in [3.8, 4) is 5.75 Å². The average molecular weight is 332 g/mol. The van der Waals surface area contributed by atoms with Gasteiger partial charge in [0, 0.05) is 0 Å². The molecule has 0 radical (unpaired) electrons. The Morgan fingerprint density at radius 3 is 2.62 bits per heavy atom. The van der Waals surface area contributed by atoms with Crippen LogP contribution in [0.2, 0.25) is 0 Å². The summed E-state index contributed by atoms with van der Waals surface area (Å²) in [5, 5.41) is 9.74. The number of carboxylic acids is 1. The van der Waals surface area contributed by atoms with Gasteiger partial charge < -0.3 is 14.6 Å². The van der Waals surface area contributed by atoms with Crippen molar-refractivity contribution in [2.24, 2.45) is 17.3 Å². The summed E-state index contributed by atoms with van der Waals surface area (Å²) in [6.07, 6.45) is 2.89. The van der Waals surface area contributed by atoms with Gasteiger partial charge in [0.05, 0.1) is 25.6 Å². The number of methoxy groups -OCH3 is 2. The highest BCUT2D eigenvalue weighted by Crippen LogP contribution is 2.55. The van der Waals surface area contributed by atoms with Crippen LogP contribution in [0.3, 0.4) is 0 Å². The van der Waals surface area contributed by atoms with Gasteiger partial charge in [-0.2, -0.15) is 0 Å². The number of hydrogen-bond acceptors (Lipinski definition) is 4. The van der Waals surface area contributed by atoms with Crippen LogP contribution in [0.25, 0.3) is 0 Å². The van der Waals surface area contributed by atoms with Gasteiger partial charge in [0.15, 0.2) is 0 Å². The third-order valence-electron chi connectivity index (χ3n) is 6.05. The molecule has 5 nitrogen and oxygen atoms in total. The molecule has 1 saturated carbocycles. The number of carbonyl (C=O) groups excluding carboxylic acids is 1. The molecule has 1 fully saturated rings. The summed E-state index contributed by atoms with van der Waals surface area (Å²) in [5.74, 6) is -0.857. The lowest BCUT2D eigenvalue weighted by atomic mass is 9.54. The Morgan fingerprint density at radius 1 is 1.25 bits per heavy atom. The van der Waals surface area contributed by atoms with Crippen LogP contribution in [-0.4, -0.2) is 31.3 Å². The first-order valence-electron chi connectivity index (χ1n) is 8.40. The van der Waals surface area contributed by atoms with E-state index in [1.807, 2.05) is 6.07 Å². The summed E-state index contributed by atoms with van der Waals surface area (Å²) in [6, 6.07) is 6.08. The number of ether oxygens (including phenoxy) is 2. The van der Waals surface area contributed by atoms with E-state index in [4.69, 9.17) is 9.47 Å². The first kappa shape index (κ1) is 16.8. The van der Waals surface area contributed by atoms with Crippen LogP contribution in [0.4, 0.5) is 0 Å². The fraction of sp³-hybridized carbons (Fsp3) is 0.579. The van der Waals surface area contributed by atoms with Gasteiger partial charge in [0.1, 0.15) is 5.75 Å². The molecule has 2 aliphatic carbocycles. The van der Waals surface area contributed by atoms with Crippen molar-refractivity contribution in [3.63, 3.8) is 0 Å². The van der Waals surface area contributed by atoms with E-state index < -0.39 is 23.3 Å². The quantitative estimate of drug-likeness (QED) is 0.861. The number of carboxylic acid groups (broad SMARTS) is 1. The Bertz CT molecular complexity index is 668. The molecule has 2 aliphatic rings. The number of rotatable bonds is 3. The highest BCUT2D eigenvalue weighted by molar-refractivity contribution is 5.84. The van der Waals surface area contributed by atoms with Crippen LogP contribution in [0.1, 0.15) is 43.2 Å². The molecule has 0 spiro atoms. The Morgan fingerprint density at radius 2 is 2.00 bits per heavy atom. The predicted octanol–water partition coefficient (Wildman–Crippen LogP) is 3.02. The third kappa shape index (κ3) is 2.46. The van der Waals surface area contributed by atoms with Crippen LogP contribution in [0.15, 0.2) is 18.2 Å². The molecular formula is C19H24O5. The standard InChI is InChI=1S/C19H24O5/c1-19(18(21)22)9-8-14-13-7-5-12(23-2)10-11(13)4-6-15(14)16(19)17(20)24-3/h5,7,10,14-16H,4,6,8-9H2,1-3H3,(H,21,22). The molecular weight excluding hydrogens is 308 g/mol. The van der Waals surface area contributed by atoms with E-state index in [0.717, 1.165) is 25.0 Å². The SMILES string of the molecule is COC(=O)C1C2CCc3cc(OC)ccc3C2CCC1(C)C(=O)O. The summed E-state index contributed by atoms with van der Waals surface area (Å²) >= 11 is 0. The van der Waals surface area contributed by atoms with Crippen molar-refractivity contribution in [2.75, 3.05) is 14.2 Å². The largest absolute Gasteiger partial charge is 0.497 e. The fourth-order valence-corrected chi connectivity index (χ4v) is 4.70. The van der Waals surface area contributed by atoms with E-state index in [2.05, 4.69) is 12.1 Å². The van der Waals surface area contributed by atoms with Crippen molar-refractivity contribution in [2.45, 2.75) is 38.5 Å². The number of aryl methyl sites for hydroxylation is 1. The highest BCUT2D eigenvalue weighted by Gasteiger charge is 2.55. The number of hydrogen-bond donors (Lipinski definition) is 1. The lowest BCUT2D eigenvalue weighted by Gasteiger charge is -2.48. The first-order chi connectivity index (χ1) is 11.4. The molecule has 0 amide bonds. The minimum Gasteiger partial charge on any atom is -0.497 e. The molecule has 3 rings (SSSR count). The monoisotopic (exact) mass is 332 g/mol. The Hall–Kier alpha value is -2.04. The number of fused-ring (bicyclic) bond motifs is 3. The van der Waals surface area contributed by atoms with Gasteiger partial charge in [0.25, 0.3) is 0 Å². The van der Waals surface area contributed by atoms with Crippen LogP contribution in [0.5, 0.6) is 5.75 Å². The topological polar surface area (TPSA) is 72.8 Å². The number of aliphatic carboxylic acids is 1. The third-order valence-corrected chi connectivity index (χ3v) is 6.05. The van der Waals surface area contributed by atoms with E-state index in [1.54, 1.807) is 14.0 Å². The number of carbonyl (C=O) groups is 2. The molecule has 130 valence electrons. The normalized spacial score (nSPS) is 31.5. The molecule has 1 aromatic carbocycles. The molecule has 1 N–H and O–H groups in total. The smallest absolute Gasteiger partial charge is 0.310 e. The molecule has 5 heteroatoms. The summed E-state index contributed by atoms with van der Waals surface area (Å²) in [7, 11) is 3.00. The second-order valence-electron chi connectivity index (χ2n) is 7.14. The van der Waals surface area contributed by atoms with Crippen molar-refractivity contribution >= 4 is 11.9 Å². The van der Waals surface area contributed by atoms with Crippen LogP contribution in [0, 0.1) is 17.3 Å². The average Bonchev–Trinajstić information content (AvgIpc) is 2.59. The van der Waals surface area contributed by atoms with Gasteiger partial charge in [-0.15, -0.1) is 0 Å². The van der Waals surface area contributed by atoms with E-state index in [9.17, 15) is 14.7 Å². The second kappa shape index (κ2) is 6.11. The lowest BCUT2D eigenvalue weighted by Crippen LogP contribution is -2.50. The van der Waals surface area contributed by atoms with E-state index in [-0.39, 0.29) is 11.8 Å². The summed E-state index contributed by atoms with van der Waals surface area (Å²) in [4.78, 5) is 24.3. The van der Waals surface area contributed by atoms with E-state index >= 15 is 0 Å². The van der Waals surface area contributed by atoms with Gasteiger partial charge in [-0.05, 0) is 67.7 Å². The van der Waals surface area contributed by atoms with Crippen LogP contribution >= 0.6 is 0 Å². The zero-order valence-corrected chi connectivity index (χ0v) is 14.4. The van der Waals surface area contributed by atoms with Crippen LogP contribution in [-0.2, 0) is 20.7 Å². The molecule has 0 heterocycles. The van der Waals surface area contributed by atoms with Crippen molar-refractivity contribution in [3.05, 3.63) is 29.3 Å². The lowest BCUT2D eigenvalue weighted by molar-refractivity contribution is -0.171. The summed E-state index contributed by atoms with van der Waals surface area (Å²) in [6.45, 7) is 1.69. The summed E-state index contributed by atoms with van der Waals surface area (Å²) in [5.41, 5.74) is 1.42.